The predicted octanol–water partition coefficient (Wildman–Crippen LogP) is 5.50. The molecular formula is C27H23NO2. The second-order valence-electron chi connectivity index (χ2n) is 7.24. The lowest BCUT2D eigenvalue weighted by Crippen LogP contribution is -2.29. The first-order chi connectivity index (χ1) is 14.7. The number of hydrogen-bond donors (Lipinski definition) is 2. The van der Waals surface area contributed by atoms with E-state index in [1.165, 1.54) is 5.56 Å². The molecule has 30 heavy (non-hydrogen) atoms. The number of amides is 1. The third kappa shape index (κ3) is 4.58. The summed E-state index contributed by atoms with van der Waals surface area (Å²) in [4.78, 5) is 12.9. The summed E-state index contributed by atoms with van der Waals surface area (Å²) in [6, 6.07) is 34.2. The molecule has 3 nitrogen and oxygen atoms in total. The molecule has 1 atom stereocenters. The standard InChI is InChI=1S/C27H23NO2/c29-25-17-16-21(18-20-10-4-1-5-11-20)19-24(25)26(22-12-6-2-7-13-22)28-27(30)23-14-8-3-9-15-23/h1-17,19,26,29H,18H2,(H,28,30). The van der Waals surface area contributed by atoms with Gasteiger partial charge >= 0.3 is 0 Å². The molecule has 0 aromatic heterocycles. The first-order valence-corrected chi connectivity index (χ1v) is 9.97. The van der Waals surface area contributed by atoms with Gasteiger partial charge in [-0.3, -0.25) is 4.79 Å². The van der Waals surface area contributed by atoms with Crippen LogP contribution in [0.2, 0.25) is 0 Å². The molecular weight excluding hydrogens is 370 g/mol. The zero-order valence-electron chi connectivity index (χ0n) is 16.5. The number of phenolic OH excluding ortho intramolecular Hbond substituents is 1. The summed E-state index contributed by atoms with van der Waals surface area (Å²) in [5.41, 5.74) is 4.44. The molecule has 148 valence electrons. The quantitative estimate of drug-likeness (QED) is 0.454. The van der Waals surface area contributed by atoms with Crippen LogP contribution in [-0.4, -0.2) is 11.0 Å². The number of nitrogens with one attached hydrogen (secondary N) is 1. The number of hydrogen-bond acceptors (Lipinski definition) is 2. The van der Waals surface area contributed by atoms with Gasteiger partial charge < -0.3 is 10.4 Å². The molecule has 0 radical (unpaired) electrons. The molecule has 0 bridgehead atoms. The van der Waals surface area contributed by atoms with Crippen LogP contribution >= 0.6 is 0 Å². The van der Waals surface area contributed by atoms with Crippen molar-refractivity contribution < 1.29 is 9.90 Å². The van der Waals surface area contributed by atoms with E-state index in [9.17, 15) is 9.90 Å². The minimum Gasteiger partial charge on any atom is -0.508 e. The van der Waals surface area contributed by atoms with Crippen molar-refractivity contribution in [2.24, 2.45) is 0 Å². The molecule has 1 unspecified atom stereocenters. The molecule has 0 fully saturated rings. The highest BCUT2D eigenvalue weighted by molar-refractivity contribution is 5.94. The van der Waals surface area contributed by atoms with E-state index in [-0.39, 0.29) is 11.7 Å². The van der Waals surface area contributed by atoms with Crippen molar-refractivity contribution in [3.8, 4) is 5.75 Å². The maximum absolute atomic E-state index is 12.9. The van der Waals surface area contributed by atoms with Crippen molar-refractivity contribution in [1.82, 2.24) is 5.32 Å². The summed E-state index contributed by atoms with van der Waals surface area (Å²) in [5, 5.41) is 13.8. The van der Waals surface area contributed by atoms with E-state index >= 15 is 0 Å². The molecule has 0 spiro atoms. The summed E-state index contributed by atoms with van der Waals surface area (Å²) in [5.74, 6) is -0.0219. The third-order valence-corrected chi connectivity index (χ3v) is 5.10. The third-order valence-electron chi connectivity index (χ3n) is 5.10. The van der Waals surface area contributed by atoms with Gasteiger partial charge in [0, 0.05) is 11.1 Å². The Morgan fingerprint density at radius 3 is 2.00 bits per heavy atom. The lowest BCUT2D eigenvalue weighted by atomic mass is 9.94. The fourth-order valence-electron chi connectivity index (χ4n) is 3.57. The van der Waals surface area contributed by atoms with Gasteiger partial charge in [-0.15, -0.1) is 0 Å². The lowest BCUT2D eigenvalue weighted by Gasteiger charge is -2.22. The van der Waals surface area contributed by atoms with Gasteiger partial charge in [0.05, 0.1) is 6.04 Å². The fourth-order valence-corrected chi connectivity index (χ4v) is 3.57. The Kier molecular flexibility index (Phi) is 5.90. The minimum absolute atomic E-state index is 0.161. The molecule has 2 N–H and O–H groups in total. The fraction of sp³-hybridized carbons (Fsp3) is 0.0741. The van der Waals surface area contributed by atoms with Gasteiger partial charge in [-0.1, -0.05) is 84.9 Å². The zero-order chi connectivity index (χ0) is 20.8. The monoisotopic (exact) mass is 393 g/mol. The van der Waals surface area contributed by atoms with Crippen molar-refractivity contribution in [1.29, 1.82) is 0 Å². The molecule has 0 heterocycles. The van der Waals surface area contributed by atoms with Crippen molar-refractivity contribution in [2.45, 2.75) is 12.5 Å². The van der Waals surface area contributed by atoms with Gasteiger partial charge in [-0.05, 0) is 47.4 Å². The zero-order valence-corrected chi connectivity index (χ0v) is 16.5. The lowest BCUT2D eigenvalue weighted by molar-refractivity contribution is 0.0942. The van der Waals surface area contributed by atoms with Crippen LogP contribution in [0.15, 0.2) is 109 Å². The van der Waals surface area contributed by atoms with Gasteiger partial charge in [0.25, 0.3) is 5.91 Å². The molecule has 0 aliphatic heterocycles. The largest absolute Gasteiger partial charge is 0.508 e. The second-order valence-corrected chi connectivity index (χ2v) is 7.24. The number of carbonyl (C=O) groups is 1. The number of benzene rings is 4. The van der Waals surface area contributed by atoms with E-state index in [0.29, 0.717) is 11.1 Å². The first kappa shape index (κ1) is 19.5. The van der Waals surface area contributed by atoms with Gasteiger partial charge in [0.1, 0.15) is 5.75 Å². The van der Waals surface area contributed by atoms with Crippen molar-refractivity contribution in [3.63, 3.8) is 0 Å². The smallest absolute Gasteiger partial charge is 0.252 e. The normalized spacial score (nSPS) is 11.6. The first-order valence-electron chi connectivity index (χ1n) is 9.97. The summed E-state index contributed by atoms with van der Waals surface area (Å²) in [6.07, 6.45) is 0.752. The molecule has 3 heteroatoms. The summed E-state index contributed by atoms with van der Waals surface area (Å²) < 4.78 is 0. The van der Waals surface area contributed by atoms with Crippen LogP contribution in [0, 0.1) is 0 Å². The summed E-state index contributed by atoms with van der Waals surface area (Å²) >= 11 is 0. The molecule has 4 rings (SSSR count). The topological polar surface area (TPSA) is 49.3 Å². The molecule has 0 saturated heterocycles. The average molecular weight is 393 g/mol. The van der Waals surface area contributed by atoms with E-state index < -0.39 is 6.04 Å². The Balaban J connectivity index is 1.70. The molecule has 4 aromatic carbocycles. The van der Waals surface area contributed by atoms with Crippen LogP contribution in [0.25, 0.3) is 0 Å². The predicted molar refractivity (Wildman–Crippen MR) is 120 cm³/mol. The Bertz CT molecular complexity index is 1110. The van der Waals surface area contributed by atoms with Crippen molar-refractivity contribution in [2.75, 3.05) is 0 Å². The van der Waals surface area contributed by atoms with E-state index in [1.54, 1.807) is 18.2 Å². The van der Waals surface area contributed by atoms with Gasteiger partial charge in [0.15, 0.2) is 0 Å². The molecule has 0 aliphatic rings. The van der Waals surface area contributed by atoms with Gasteiger partial charge in [-0.25, -0.2) is 0 Å². The van der Waals surface area contributed by atoms with Crippen LogP contribution in [0.1, 0.15) is 38.7 Å². The number of phenols is 1. The SMILES string of the molecule is O=C(NC(c1ccccc1)c1cc(Cc2ccccc2)ccc1O)c1ccccc1. The highest BCUT2D eigenvalue weighted by Gasteiger charge is 2.21. The van der Waals surface area contributed by atoms with Crippen LogP contribution in [0.5, 0.6) is 5.75 Å². The van der Waals surface area contributed by atoms with E-state index in [1.807, 2.05) is 78.9 Å². The van der Waals surface area contributed by atoms with Crippen molar-refractivity contribution >= 4 is 5.91 Å². The summed E-state index contributed by atoms with van der Waals surface area (Å²) in [7, 11) is 0. The highest BCUT2D eigenvalue weighted by atomic mass is 16.3. The Hall–Kier alpha value is -3.85. The van der Waals surface area contributed by atoms with Crippen LogP contribution in [-0.2, 0) is 6.42 Å². The Labute approximate surface area is 176 Å². The number of rotatable bonds is 6. The van der Waals surface area contributed by atoms with Crippen molar-refractivity contribution in [3.05, 3.63) is 137 Å². The maximum Gasteiger partial charge on any atom is 0.252 e. The Morgan fingerprint density at radius 1 is 0.733 bits per heavy atom. The van der Waals surface area contributed by atoms with Gasteiger partial charge in [0.2, 0.25) is 0 Å². The maximum atomic E-state index is 12.9. The average Bonchev–Trinajstić information content (AvgIpc) is 2.80. The van der Waals surface area contributed by atoms with Crippen LogP contribution in [0.3, 0.4) is 0 Å². The Morgan fingerprint density at radius 2 is 1.33 bits per heavy atom. The second kappa shape index (κ2) is 9.10. The van der Waals surface area contributed by atoms with Crippen LogP contribution in [0.4, 0.5) is 0 Å². The van der Waals surface area contributed by atoms with Gasteiger partial charge in [-0.2, -0.15) is 0 Å². The molecule has 0 saturated carbocycles. The number of aromatic hydroxyl groups is 1. The van der Waals surface area contributed by atoms with E-state index in [2.05, 4.69) is 17.4 Å². The summed E-state index contributed by atoms with van der Waals surface area (Å²) in [6.45, 7) is 0. The van der Waals surface area contributed by atoms with E-state index in [4.69, 9.17) is 0 Å². The van der Waals surface area contributed by atoms with E-state index in [0.717, 1.165) is 17.5 Å². The molecule has 0 aliphatic carbocycles. The minimum atomic E-state index is -0.463. The molecule has 1 amide bonds. The number of carbonyl (C=O) groups excluding carboxylic acids is 1. The van der Waals surface area contributed by atoms with Crippen LogP contribution < -0.4 is 5.32 Å². The highest BCUT2D eigenvalue weighted by Crippen LogP contribution is 2.31. The molecule has 4 aromatic rings.